The predicted octanol–water partition coefficient (Wildman–Crippen LogP) is 1.81. The molecule has 0 saturated heterocycles. The third-order valence-corrected chi connectivity index (χ3v) is 2.72. The van der Waals surface area contributed by atoms with Gasteiger partial charge < -0.3 is 19.5 Å². The Hall–Kier alpha value is -2.41. The molecule has 0 spiro atoms. The van der Waals surface area contributed by atoms with Crippen molar-refractivity contribution in [2.75, 3.05) is 32.2 Å². The second-order valence-electron chi connectivity index (χ2n) is 4.70. The van der Waals surface area contributed by atoms with Gasteiger partial charge in [-0.25, -0.2) is 4.79 Å². The van der Waals surface area contributed by atoms with Crippen LogP contribution in [0.2, 0.25) is 0 Å². The van der Waals surface area contributed by atoms with Crippen LogP contribution in [0.15, 0.2) is 18.2 Å². The zero-order valence-electron chi connectivity index (χ0n) is 13.5. The number of hydrogen-bond donors (Lipinski definition) is 1. The van der Waals surface area contributed by atoms with Crippen molar-refractivity contribution in [1.82, 2.24) is 0 Å². The van der Waals surface area contributed by atoms with Crippen molar-refractivity contribution in [3.8, 4) is 5.75 Å². The van der Waals surface area contributed by atoms with Crippen LogP contribution < -0.4 is 10.1 Å². The molecular weight excluding hydrogens is 302 g/mol. The standard InChI is InChI=1S/C16H21NO6/c1-4-22-16(20)13-6-5-12(17-15(19)9-11(2)18)10-14(13)23-8-7-21-3/h5-6,10H,4,7-9H2,1-3H3,(H,17,19). The van der Waals surface area contributed by atoms with E-state index in [4.69, 9.17) is 14.2 Å². The summed E-state index contributed by atoms with van der Waals surface area (Å²) >= 11 is 0. The Bertz CT molecular complexity index is 570. The first-order valence-electron chi connectivity index (χ1n) is 7.20. The number of Topliss-reactive ketones (excluding diaryl/α,β-unsaturated/α-hetero) is 1. The Morgan fingerprint density at radius 3 is 2.52 bits per heavy atom. The van der Waals surface area contributed by atoms with Gasteiger partial charge in [0.1, 0.15) is 23.7 Å². The lowest BCUT2D eigenvalue weighted by molar-refractivity contribution is -0.124. The zero-order valence-corrected chi connectivity index (χ0v) is 13.5. The Balaban J connectivity index is 2.93. The van der Waals surface area contributed by atoms with Gasteiger partial charge in [-0.05, 0) is 26.0 Å². The van der Waals surface area contributed by atoms with E-state index in [0.29, 0.717) is 12.3 Å². The summed E-state index contributed by atoms with van der Waals surface area (Å²) in [6.07, 6.45) is -0.209. The quantitative estimate of drug-likeness (QED) is 0.423. The minimum absolute atomic E-state index is 0.209. The van der Waals surface area contributed by atoms with Gasteiger partial charge in [-0.3, -0.25) is 9.59 Å². The lowest BCUT2D eigenvalue weighted by Gasteiger charge is -2.13. The van der Waals surface area contributed by atoms with Crippen LogP contribution in [0.3, 0.4) is 0 Å². The van der Waals surface area contributed by atoms with E-state index in [1.165, 1.54) is 26.2 Å². The molecule has 7 nitrogen and oxygen atoms in total. The summed E-state index contributed by atoms with van der Waals surface area (Å²) in [6.45, 7) is 3.88. The van der Waals surface area contributed by atoms with E-state index < -0.39 is 11.9 Å². The first-order valence-corrected chi connectivity index (χ1v) is 7.20. The molecule has 0 aliphatic rings. The Morgan fingerprint density at radius 2 is 1.91 bits per heavy atom. The van der Waals surface area contributed by atoms with Gasteiger partial charge >= 0.3 is 5.97 Å². The molecule has 7 heteroatoms. The number of esters is 1. The van der Waals surface area contributed by atoms with Crippen molar-refractivity contribution in [3.05, 3.63) is 23.8 Å². The van der Waals surface area contributed by atoms with Crippen molar-refractivity contribution >= 4 is 23.3 Å². The maximum atomic E-state index is 11.9. The molecular formula is C16H21NO6. The summed E-state index contributed by atoms with van der Waals surface area (Å²) in [5.74, 6) is -0.894. The molecule has 0 aliphatic carbocycles. The number of nitrogens with one attached hydrogen (secondary N) is 1. The molecule has 1 N–H and O–H groups in total. The minimum Gasteiger partial charge on any atom is -0.490 e. The monoisotopic (exact) mass is 323 g/mol. The summed E-state index contributed by atoms with van der Waals surface area (Å²) < 4.78 is 15.4. The van der Waals surface area contributed by atoms with E-state index in [0.717, 1.165) is 0 Å². The molecule has 126 valence electrons. The van der Waals surface area contributed by atoms with Crippen LogP contribution in [0.5, 0.6) is 5.75 Å². The smallest absolute Gasteiger partial charge is 0.341 e. The van der Waals surface area contributed by atoms with Crippen LogP contribution in [0.4, 0.5) is 5.69 Å². The van der Waals surface area contributed by atoms with E-state index >= 15 is 0 Å². The topological polar surface area (TPSA) is 90.9 Å². The molecule has 0 aromatic heterocycles. The van der Waals surface area contributed by atoms with Gasteiger partial charge in [0.15, 0.2) is 0 Å². The van der Waals surface area contributed by atoms with Crippen LogP contribution in [-0.4, -0.2) is 44.6 Å². The molecule has 1 aromatic rings. The van der Waals surface area contributed by atoms with Crippen LogP contribution in [0.25, 0.3) is 0 Å². The lowest BCUT2D eigenvalue weighted by Crippen LogP contribution is -2.16. The number of ether oxygens (including phenoxy) is 3. The van der Waals surface area contributed by atoms with Crippen LogP contribution >= 0.6 is 0 Å². The highest BCUT2D eigenvalue weighted by Crippen LogP contribution is 2.24. The SMILES string of the molecule is CCOC(=O)c1ccc(NC(=O)CC(C)=O)cc1OCCOC. The minimum atomic E-state index is -0.512. The molecule has 1 aromatic carbocycles. The van der Waals surface area contributed by atoms with Gasteiger partial charge in [-0.2, -0.15) is 0 Å². The average molecular weight is 323 g/mol. The van der Waals surface area contributed by atoms with Crippen LogP contribution in [0.1, 0.15) is 30.6 Å². The number of rotatable bonds is 9. The molecule has 0 saturated carbocycles. The van der Waals surface area contributed by atoms with Gasteiger partial charge in [0, 0.05) is 18.9 Å². The zero-order chi connectivity index (χ0) is 17.2. The molecule has 1 amide bonds. The number of amides is 1. The largest absolute Gasteiger partial charge is 0.490 e. The predicted molar refractivity (Wildman–Crippen MR) is 83.7 cm³/mol. The van der Waals surface area contributed by atoms with Crippen molar-refractivity contribution in [1.29, 1.82) is 0 Å². The number of carbonyl (C=O) groups is 3. The van der Waals surface area contributed by atoms with Crippen LogP contribution in [0, 0.1) is 0 Å². The third-order valence-electron chi connectivity index (χ3n) is 2.72. The Morgan fingerprint density at radius 1 is 1.17 bits per heavy atom. The molecule has 0 fully saturated rings. The summed E-state index contributed by atoms with van der Waals surface area (Å²) in [4.78, 5) is 34.5. The highest BCUT2D eigenvalue weighted by atomic mass is 16.5. The van der Waals surface area contributed by atoms with Crippen LogP contribution in [-0.2, 0) is 19.1 Å². The fourth-order valence-corrected chi connectivity index (χ4v) is 1.76. The number of benzene rings is 1. The number of hydrogen-bond acceptors (Lipinski definition) is 6. The molecule has 23 heavy (non-hydrogen) atoms. The van der Waals surface area contributed by atoms with E-state index in [2.05, 4.69) is 5.32 Å². The number of ketones is 1. The number of methoxy groups -OCH3 is 1. The molecule has 0 unspecified atom stereocenters. The number of carbonyl (C=O) groups excluding carboxylic acids is 3. The summed E-state index contributed by atoms with van der Waals surface area (Å²) in [7, 11) is 1.54. The Labute approximate surface area is 134 Å². The third kappa shape index (κ3) is 6.48. The highest BCUT2D eigenvalue weighted by Gasteiger charge is 2.15. The molecule has 0 aliphatic heterocycles. The van der Waals surface area contributed by atoms with Gasteiger partial charge in [0.05, 0.1) is 19.6 Å². The van der Waals surface area contributed by atoms with Crippen molar-refractivity contribution in [3.63, 3.8) is 0 Å². The maximum absolute atomic E-state index is 11.9. The molecule has 0 heterocycles. The second kappa shape index (κ2) is 9.58. The van der Waals surface area contributed by atoms with E-state index in [1.54, 1.807) is 13.0 Å². The summed E-state index contributed by atoms with van der Waals surface area (Å²) in [5, 5.41) is 2.58. The fourth-order valence-electron chi connectivity index (χ4n) is 1.76. The summed E-state index contributed by atoms with van der Waals surface area (Å²) in [6, 6.07) is 4.57. The lowest BCUT2D eigenvalue weighted by atomic mass is 10.1. The van der Waals surface area contributed by atoms with Gasteiger partial charge in [-0.15, -0.1) is 0 Å². The summed E-state index contributed by atoms with van der Waals surface area (Å²) in [5.41, 5.74) is 0.684. The second-order valence-corrected chi connectivity index (χ2v) is 4.70. The molecule has 1 rings (SSSR count). The molecule has 0 atom stereocenters. The van der Waals surface area contributed by atoms with Gasteiger partial charge in [0.25, 0.3) is 0 Å². The van der Waals surface area contributed by atoms with Crippen molar-refractivity contribution < 1.29 is 28.6 Å². The van der Waals surface area contributed by atoms with E-state index in [-0.39, 0.29) is 36.7 Å². The first kappa shape index (κ1) is 18.6. The van der Waals surface area contributed by atoms with Crippen molar-refractivity contribution in [2.24, 2.45) is 0 Å². The van der Waals surface area contributed by atoms with Crippen molar-refractivity contribution in [2.45, 2.75) is 20.3 Å². The van der Waals surface area contributed by atoms with Gasteiger partial charge in [0.2, 0.25) is 5.91 Å². The fraction of sp³-hybridized carbons (Fsp3) is 0.438. The highest BCUT2D eigenvalue weighted by molar-refractivity contribution is 6.04. The first-order chi connectivity index (χ1) is 11.0. The number of anilines is 1. The Kier molecular flexibility index (Phi) is 7.76. The van der Waals surface area contributed by atoms with E-state index in [1.807, 2.05) is 0 Å². The van der Waals surface area contributed by atoms with E-state index in [9.17, 15) is 14.4 Å². The normalized spacial score (nSPS) is 10.0. The maximum Gasteiger partial charge on any atom is 0.341 e. The molecule has 0 radical (unpaired) electrons. The van der Waals surface area contributed by atoms with Gasteiger partial charge in [-0.1, -0.05) is 0 Å². The average Bonchev–Trinajstić information content (AvgIpc) is 2.47. The molecule has 0 bridgehead atoms.